The third-order valence-electron chi connectivity index (χ3n) is 4.35. The molecule has 1 aliphatic rings. The van der Waals surface area contributed by atoms with Crippen LogP contribution in [0, 0.1) is 6.92 Å². The topological polar surface area (TPSA) is 41.3 Å². The monoisotopic (exact) mass is 355 g/mol. The summed E-state index contributed by atoms with van der Waals surface area (Å²) in [5.41, 5.74) is 3.56. The van der Waals surface area contributed by atoms with Gasteiger partial charge in [0.25, 0.3) is 0 Å². The molecule has 0 amide bonds. The van der Waals surface area contributed by atoms with Crippen molar-refractivity contribution in [2.45, 2.75) is 32.9 Å². The summed E-state index contributed by atoms with van der Waals surface area (Å²) in [6.45, 7) is 7.93. The van der Waals surface area contributed by atoms with Crippen molar-refractivity contribution in [3.63, 3.8) is 0 Å². The average Bonchev–Trinajstić information content (AvgIpc) is 2.88. The molecule has 3 rings (SSSR count). The van der Waals surface area contributed by atoms with Crippen LogP contribution in [0.15, 0.2) is 28.8 Å². The molecule has 23 heavy (non-hydrogen) atoms. The van der Waals surface area contributed by atoms with Gasteiger partial charge in [-0.2, -0.15) is 0 Å². The summed E-state index contributed by atoms with van der Waals surface area (Å²) in [5, 5.41) is 8.45. The second-order valence-electron chi connectivity index (χ2n) is 5.76. The summed E-state index contributed by atoms with van der Waals surface area (Å²) >= 11 is 6.16. The van der Waals surface area contributed by atoms with Crippen LogP contribution >= 0.6 is 24.0 Å². The Balaban J connectivity index is 0.00000192. The van der Waals surface area contributed by atoms with Crippen LogP contribution in [0.4, 0.5) is 0 Å². The van der Waals surface area contributed by atoms with E-state index in [0.717, 1.165) is 49.1 Å². The van der Waals surface area contributed by atoms with Crippen LogP contribution in [0.2, 0.25) is 5.02 Å². The quantitative estimate of drug-likeness (QED) is 0.906. The second-order valence-corrected chi connectivity index (χ2v) is 6.20. The first-order valence-corrected chi connectivity index (χ1v) is 8.21. The fourth-order valence-corrected chi connectivity index (χ4v) is 3.30. The molecule has 1 fully saturated rings. The van der Waals surface area contributed by atoms with Crippen molar-refractivity contribution >= 4 is 24.0 Å². The van der Waals surface area contributed by atoms with E-state index in [2.05, 4.69) is 34.4 Å². The van der Waals surface area contributed by atoms with Gasteiger partial charge >= 0.3 is 0 Å². The largest absolute Gasteiger partial charge is 0.361 e. The molecule has 1 aliphatic heterocycles. The molecular weight excluding hydrogens is 333 g/mol. The molecule has 1 atom stereocenters. The molecule has 0 bridgehead atoms. The summed E-state index contributed by atoms with van der Waals surface area (Å²) < 4.78 is 5.37. The smallest absolute Gasteiger partial charge is 0.138 e. The zero-order chi connectivity index (χ0) is 15.5. The molecule has 0 radical (unpaired) electrons. The molecule has 2 aromatic rings. The lowest BCUT2D eigenvalue weighted by molar-refractivity contribution is 0.152. The van der Waals surface area contributed by atoms with Gasteiger partial charge in [-0.15, -0.1) is 12.4 Å². The summed E-state index contributed by atoms with van der Waals surface area (Å²) in [4.78, 5) is 2.49. The molecule has 6 heteroatoms. The third kappa shape index (κ3) is 4.07. The minimum Gasteiger partial charge on any atom is -0.361 e. The average molecular weight is 356 g/mol. The zero-order valence-corrected chi connectivity index (χ0v) is 15.1. The van der Waals surface area contributed by atoms with Gasteiger partial charge in [-0.05, 0) is 31.0 Å². The number of nitrogens with zero attached hydrogens (tertiary/aromatic N) is 2. The number of benzene rings is 1. The fraction of sp³-hybridized carbons (Fsp3) is 0.471. The lowest BCUT2D eigenvalue weighted by Gasteiger charge is -2.36. The number of halogens is 2. The molecule has 4 nitrogen and oxygen atoms in total. The van der Waals surface area contributed by atoms with Crippen LogP contribution in [0.3, 0.4) is 0 Å². The van der Waals surface area contributed by atoms with Gasteiger partial charge in [-0.25, -0.2) is 0 Å². The summed E-state index contributed by atoms with van der Waals surface area (Å²) in [6.07, 6.45) is 0.903. The van der Waals surface area contributed by atoms with Crippen LogP contribution in [0.5, 0.6) is 0 Å². The van der Waals surface area contributed by atoms with Crippen molar-refractivity contribution in [1.82, 2.24) is 15.4 Å². The first-order chi connectivity index (χ1) is 10.7. The lowest BCUT2D eigenvalue weighted by Crippen LogP contribution is -2.45. The Kier molecular flexibility index (Phi) is 6.48. The number of hydrogen-bond donors (Lipinski definition) is 1. The van der Waals surface area contributed by atoms with Gasteiger partial charge < -0.3 is 9.84 Å². The molecule has 0 saturated carbocycles. The van der Waals surface area contributed by atoms with Gasteiger partial charge in [0.05, 0.1) is 5.69 Å². The van der Waals surface area contributed by atoms with E-state index >= 15 is 0 Å². The summed E-state index contributed by atoms with van der Waals surface area (Å²) in [5.74, 6) is 0.931. The van der Waals surface area contributed by atoms with E-state index in [1.165, 1.54) is 11.1 Å². The maximum absolute atomic E-state index is 6.16. The van der Waals surface area contributed by atoms with E-state index < -0.39 is 0 Å². The molecule has 1 aromatic heterocycles. The molecule has 1 N–H and O–H groups in total. The standard InChI is InChI=1S/C17H22ClN3O.ClH/c1-3-16-15(12(2)22-20-16)11-21-8-7-19-10-17(21)13-5-4-6-14(18)9-13;/h4-6,9,17,19H,3,7-8,10-11H2,1-2H3;1H. The van der Waals surface area contributed by atoms with E-state index in [-0.39, 0.29) is 12.4 Å². The highest BCUT2D eigenvalue weighted by atomic mass is 35.5. The number of aryl methyl sites for hydroxylation is 2. The predicted molar refractivity (Wildman–Crippen MR) is 95.3 cm³/mol. The Morgan fingerprint density at radius 3 is 3.00 bits per heavy atom. The summed E-state index contributed by atoms with van der Waals surface area (Å²) in [7, 11) is 0. The molecule has 126 valence electrons. The van der Waals surface area contributed by atoms with Gasteiger partial charge in [0.15, 0.2) is 0 Å². The predicted octanol–water partition coefficient (Wildman–Crippen LogP) is 3.77. The zero-order valence-electron chi connectivity index (χ0n) is 13.5. The van der Waals surface area contributed by atoms with Gasteiger partial charge in [0.2, 0.25) is 0 Å². The van der Waals surface area contributed by atoms with Gasteiger partial charge in [-0.3, -0.25) is 4.90 Å². The van der Waals surface area contributed by atoms with Crippen LogP contribution in [-0.4, -0.2) is 29.7 Å². The highest BCUT2D eigenvalue weighted by molar-refractivity contribution is 6.30. The number of aromatic nitrogens is 1. The molecular formula is C17H23Cl2N3O. The van der Waals surface area contributed by atoms with Crippen LogP contribution in [-0.2, 0) is 13.0 Å². The number of hydrogen-bond acceptors (Lipinski definition) is 4. The highest BCUT2D eigenvalue weighted by Gasteiger charge is 2.26. The molecule has 0 aliphatic carbocycles. The van der Waals surface area contributed by atoms with Crippen LogP contribution in [0.1, 0.15) is 35.5 Å². The summed E-state index contributed by atoms with van der Waals surface area (Å²) in [6, 6.07) is 8.48. The molecule has 1 unspecified atom stereocenters. The van der Waals surface area contributed by atoms with Crippen molar-refractivity contribution in [3.8, 4) is 0 Å². The van der Waals surface area contributed by atoms with Crippen LogP contribution in [0.25, 0.3) is 0 Å². The van der Waals surface area contributed by atoms with Crippen molar-refractivity contribution in [1.29, 1.82) is 0 Å². The molecule has 1 aromatic carbocycles. The highest BCUT2D eigenvalue weighted by Crippen LogP contribution is 2.27. The van der Waals surface area contributed by atoms with Crippen molar-refractivity contribution in [3.05, 3.63) is 51.9 Å². The Morgan fingerprint density at radius 2 is 2.26 bits per heavy atom. The van der Waals surface area contributed by atoms with Crippen molar-refractivity contribution in [2.75, 3.05) is 19.6 Å². The number of piperazine rings is 1. The Morgan fingerprint density at radius 1 is 1.43 bits per heavy atom. The Hall–Kier alpha value is -1.07. The van der Waals surface area contributed by atoms with Gasteiger partial charge in [0, 0.05) is 42.8 Å². The minimum atomic E-state index is 0. The van der Waals surface area contributed by atoms with Crippen molar-refractivity contribution in [2.24, 2.45) is 0 Å². The van der Waals surface area contributed by atoms with E-state index in [1.807, 2.05) is 19.1 Å². The first kappa shape index (κ1) is 18.3. The lowest BCUT2D eigenvalue weighted by atomic mass is 10.0. The maximum atomic E-state index is 6.16. The number of rotatable bonds is 4. The molecule has 0 spiro atoms. The normalized spacial score (nSPS) is 18.7. The Bertz CT molecular complexity index is 645. The second kappa shape index (κ2) is 8.15. The molecule has 2 heterocycles. The fourth-order valence-electron chi connectivity index (χ4n) is 3.10. The minimum absolute atomic E-state index is 0. The number of nitrogens with one attached hydrogen (secondary N) is 1. The van der Waals surface area contributed by atoms with E-state index in [9.17, 15) is 0 Å². The van der Waals surface area contributed by atoms with Gasteiger partial charge in [-0.1, -0.05) is 35.8 Å². The third-order valence-corrected chi connectivity index (χ3v) is 4.58. The van der Waals surface area contributed by atoms with Crippen molar-refractivity contribution < 1.29 is 4.52 Å². The first-order valence-electron chi connectivity index (χ1n) is 7.83. The SMILES string of the molecule is CCc1noc(C)c1CN1CCNCC1c1cccc(Cl)c1.Cl. The van der Waals surface area contributed by atoms with Crippen LogP contribution < -0.4 is 5.32 Å². The Labute approximate surface area is 148 Å². The van der Waals surface area contributed by atoms with E-state index in [0.29, 0.717) is 6.04 Å². The molecule has 1 saturated heterocycles. The van der Waals surface area contributed by atoms with E-state index in [4.69, 9.17) is 16.1 Å². The van der Waals surface area contributed by atoms with E-state index in [1.54, 1.807) is 0 Å². The van der Waals surface area contributed by atoms with Gasteiger partial charge in [0.1, 0.15) is 5.76 Å². The maximum Gasteiger partial charge on any atom is 0.138 e.